The number of nitrogens with one attached hydrogen (secondary N) is 1. The highest BCUT2D eigenvalue weighted by Crippen LogP contribution is 2.29. The van der Waals surface area contributed by atoms with Crippen molar-refractivity contribution >= 4 is 28.6 Å². The van der Waals surface area contributed by atoms with E-state index in [2.05, 4.69) is 20.4 Å². The first-order valence-electron chi connectivity index (χ1n) is 9.01. The number of hydrogen-bond acceptors (Lipinski definition) is 5. The Kier molecular flexibility index (Phi) is 4.51. The number of aromatic carboxylic acids is 1. The van der Waals surface area contributed by atoms with E-state index in [1.807, 2.05) is 10.9 Å². The predicted octanol–water partition coefficient (Wildman–Crippen LogP) is 4.16. The second kappa shape index (κ2) is 7.11. The Hall–Kier alpha value is -2.96. The zero-order valence-electron chi connectivity index (χ0n) is 14.4. The Balaban J connectivity index is 1.60. The van der Waals surface area contributed by atoms with Gasteiger partial charge >= 0.3 is 5.97 Å². The minimum Gasteiger partial charge on any atom is -0.478 e. The third-order valence-corrected chi connectivity index (χ3v) is 4.89. The summed E-state index contributed by atoms with van der Waals surface area (Å²) in [6.45, 7) is 0. The minimum atomic E-state index is -0.943. The van der Waals surface area contributed by atoms with Gasteiger partial charge in [-0.15, -0.1) is 0 Å². The summed E-state index contributed by atoms with van der Waals surface area (Å²) in [4.78, 5) is 19.9. The summed E-state index contributed by atoms with van der Waals surface area (Å²) in [5.74, 6) is -0.461. The zero-order chi connectivity index (χ0) is 17.9. The van der Waals surface area contributed by atoms with E-state index in [4.69, 9.17) is 5.11 Å². The number of hydrogen-bond donors (Lipinski definition) is 2. The van der Waals surface area contributed by atoms with E-state index >= 15 is 0 Å². The Labute approximate surface area is 151 Å². The van der Waals surface area contributed by atoms with Gasteiger partial charge in [-0.25, -0.2) is 14.5 Å². The molecule has 3 aromatic rings. The molecule has 4 rings (SSSR count). The van der Waals surface area contributed by atoms with Gasteiger partial charge in [0, 0.05) is 11.9 Å². The summed E-state index contributed by atoms with van der Waals surface area (Å²) in [5.41, 5.74) is 1.84. The van der Waals surface area contributed by atoms with Gasteiger partial charge in [-0.1, -0.05) is 25.7 Å². The number of carbonyl (C=O) groups is 1. The Morgan fingerprint density at radius 3 is 2.50 bits per heavy atom. The lowest BCUT2D eigenvalue weighted by molar-refractivity contribution is 0.0697. The van der Waals surface area contributed by atoms with Gasteiger partial charge in [0.15, 0.2) is 5.65 Å². The monoisotopic (exact) mass is 351 g/mol. The lowest BCUT2D eigenvalue weighted by atomic mass is 10.1. The first-order chi connectivity index (χ1) is 12.7. The molecule has 0 spiro atoms. The summed E-state index contributed by atoms with van der Waals surface area (Å²) in [5, 5.41) is 17.6. The summed E-state index contributed by atoms with van der Waals surface area (Å²) in [7, 11) is 0. The van der Waals surface area contributed by atoms with Crippen molar-refractivity contribution < 1.29 is 9.90 Å². The average molecular weight is 351 g/mol. The van der Waals surface area contributed by atoms with Crippen LogP contribution in [0.3, 0.4) is 0 Å². The van der Waals surface area contributed by atoms with Crippen LogP contribution in [0.4, 0.5) is 11.6 Å². The van der Waals surface area contributed by atoms with E-state index in [1.54, 1.807) is 30.5 Å². The zero-order valence-corrected chi connectivity index (χ0v) is 14.4. The SMILES string of the molecule is O=C(O)c1ccc(Nc2ncc3cnn(C4CCCCCC4)c3n2)cc1. The first-order valence-corrected chi connectivity index (χ1v) is 9.01. The largest absolute Gasteiger partial charge is 0.478 e. The molecule has 0 aliphatic heterocycles. The third kappa shape index (κ3) is 3.37. The van der Waals surface area contributed by atoms with Crippen LogP contribution in [0.25, 0.3) is 11.0 Å². The summed E-state index contributed by atoms with van der Waals surface area (Å²) in [6, 6.07) is 6.92. The molecule has 26 heavy (non-hydrogen) atoms. The molecule has 134 valence electrons. The van der Waals surface area contributed by atoms with Crippen molar-refractivity contribution in [2.75, 3.05) is 5.32 Å². The molecule has 0 radical (unpaired) electrons. The molecule has 0 unspecified atom stereocenters. The number of carboxylic acids is 1. The smallest absolute Gasteiger partial charge is 0.335 e. The van der Waals surface area contributed by atoms with E-state index in [0.29, 0.717) is 12.0 Å². The molecule has 1 aromatic carbocycles. The van der Waals surface area contributed by atoms with Gasteiger partial charge in [-0.2, -0.15) is 10.1 Å². The third-order valence-electron chi connectivity index (χ3n) is 4.89. The quantitative estimate of drug-likeness (QED) is 0.686. The maximum atomic E-state index is 10.9. The number of fused-ring (bicyclic) bond motifs is 1. The van der Waals surface area contributed by atoms with Crippen LogP contribution in [0.5, 0.6) is 0 Å². The fourth-order valence-electron chi connectivity index (χ4n) is 3.49. The van der Waals surface area contributed by atoms with Gasteiger partial charge in [0.05, 0.1) is 23.2 Å². The van der Waals surface area contributed by atoms with Crippen LogP contribution >= 0.6 is 0 Å². The maximum Gasteiger partial charge on any atom is 0.335 e. The molecule has 0 amide bonds. The molecule has 7 heteroatoms. The number of rotatable bonds is 4. The molecule has 1 aliphatic carbocycles. The lowest BCUT2D eigenvalue weighted by Gasteiger charge is -2.15. The normalized spacial score (nSPS) is 15.7. The van der Waals surface area contributed by atoms with Crippen molar-refractivity contribution in [2.45, 2.75) is 44.6 Å². The van der Waals surface area contributed by atoms with Gasteiger partial charge in [0.2, 0.25) is 5.95 Å². The summed E-state index contributed by atoms with van der Waals surface area (Å²) >= 11 is 0. The van der Waals surface area contributed by atoms with Gasteiger partial charge in [-0.05, 0) is 37.1 Å². The van der Waals surface area contributed by atoms with Crippen LogP contribution in [-0.4, -0.2) is 30.8 Å². The highest BCUT2D eigenvalue weighted by Gasteiger charge is 2.18. The molecule has 1 fully saturated rings. The molecule has 2 heterocycles. The topological polar surface area (TPSA) is 92.9 Å². The molecule has 2 aromatic heterocycles. The molecule has 0 saturated heterocycles. The van der Waals surface area contributed by atoms with E-state index in [-0.39, 0.29) is 5.56 Å². The molecule has 2 N–H and O–H groups in total. The second-order valence-corrected chi connectivity index (χ2v) is 6.71. The average Bonchev–Trinajstić information content (AvgIpc) is 2.87. The van der Waals surface area contributed by atoms with Gasteiger partial charge in [-0.3, -0.25) is 0 Å². The maximum absolute atomic E-state index is 10.9. The molecule has 0 bridgehead atoms. The summed E-state index contributed by atoms with van der Waals surface area (Å²) in [6.07, 6.45) is 10.9. The lowest BCUT2D eigenvalue weighted by Crippen LogP contribution is -2.11. The number of aromatic nitrogens is 4. The highest BCUT2D eigenvalue weighted by atomic mass is 16.4. The van der Waals surface area contributed by atoms with Gasteiger partial charge in [0.1, 0.15) is 0 Å². The standard InChI is InChI=1S/C19H21N5O2/c25-18(26)13-7-9-15(10-8-13)22-19-20-11-14-12-21-24(17(14)23-19)16-5-3-1-2-4-6-16/h7-12,16H,1-6H2,(H,25,26)(H,20,22,23). The molecular weight excluding hydrogens is 330 g/mol. The molecule has 0 atom stereocenters. The van der Waals surface area contributed by atoms with Crippen molar-refractivity contribution in [1.82, 2.24) is 19.7 Å². The number of nitrogens with zero attached hydrogens (tertiary/aromatic N) is 4. The molecule has 7 nitrogen and oxygen atoms in total. The highest BCUT2D eigenvalue weighted by molar-refractivity contribution is 5.88. The Morgan fingerprint density at radius 2 is 1.81 bits per heavy atom. The van der Waals surface area contributed by atoms with Crippen molar-refractivity contribution in [2.24, 2.45) is 0 Å². The van der Waals surface area contributed by atoms with Crippen LogP contribution < -0.4 is 5.32 Å². The Bertz CT molecular complexity index is 911. The number of anilines is 2. The van der Waals surface area contributed by atoms with Gasteiger partial charge in [0.25, 0.3) is 0 Å². The number of benzene rings is 1. The van der Waals surface area contributed by atoms with Crippen molar-refractivity contribution in [3.8, 4) is 0 Å². The van der Waals surface area contributed by atoms with Crippen molar-refractivity contribution in [1.29, 1.82) is 0 Å². The molecule has 1 saturated carbocycles. The molecular formula is C19H21N5O2. The Morgan fingerprint density at radius 1 is 1.08 bits per heavy atom. The van der Waals surface area contributed by atoms with Crippen LogP contribution in [0.15, 0.2) is 36.7 Å². The van der Waals surface area contributed by atoms with Crippen molar-refractivity contribution in [3.05, 3.63) is 42.2 Å². The first kappa shape index (κ1) is 16.5. The van der Waals surface area contributed by atoms with E-state index in [1.165, 1.54) is 25.7 Å². The predicted molar refractivity (Wildman–Crippen MR) is 98.7 cm³/mol. The fraction of sp³-hybridized carbons (Fsp3) is 0.368. The van der Waals surface area contributed by atoms with E-state index < -0.39 is 5.97 Å². The fourth-order valence-corrected chi connectivity index (χ4v) is 3.49. The second-order valence-electron chi connectivity index (χ2n) is 6.71. The summed E-state index contributed by atoms with van der Waals surface area (Å²) < 4.78 is 2.04. The van der Waals surface area contributed by atoms with Gasteiger partial charge < -0.3 is 10.4 Å². The van der Waals surface area contributed by atoms with E-state index in [9.17, 15) is 4.79 Å². The van der Waals surface area contributed by atoms with Crippen LogP contribution in [0.2, 0.25) is 0 Å². The number of carboxylic acid groups (broad SMARTS) is 1. The minimum absolute atomic E-state index is 0.248. The van der Waals surface area contributed by atoms with E-state index in [0.717, 1.165) is 29.6 Å². The van der Waals surface area contributed by atoms with Crippen LogP contribution in [-0.2, 0) is 0 Å². The van der Waals surface area contributed by atoms with Crippen LogP contribution in [0, 0.1) is 0 Å². The molecule has 1 aliphatic rings. The van der Waals surface area contributed by atoms with Crippen molar-refractivity contribution in [3.63, 3.8) is 0 Å². The van der Waals surface area contributed by atoms with Crippen LogP contribution in [0.1, 0.15) is 54.9 Å².